The Kier molecular flexibility index (Phi) is 8.94. The Morgan fingerprint density at radius 2 is 1.40 bits per heavy atom. The van der Waals surface area contributed by atoms with Crippen LogP contribution in [0.4, 0.5) is 11.6 Å². The number of carbonyl (C=O) groups is 2. The lowest BCUT2D eigenvalue weighted by Crippen LogP contribution is -2.68. The van der Waals surface area contributed by atoms with Crippen molar-refractivity contribution < 1.29 is 28.7 Å². The summed E-state index contributed by atoms with van der Waals surface area (Å²) in [5.41, 5.74) is 4.86. The Morgan fingerprint density at radius 1 is 0.730 bits per heavy atom. The Morgan fingerprint density at radius 3 is 2.13 bits per heavy atom. The van der Waals surface area contributed by atoms with Crippen LogP contribution < -0.4 is 5.32 Å². The Labute approximate surface area is 361 Å². The molecule has 3 N–H and O–H groups in total. The van der Waals surface area contributed by atoms with Gasteiger partial charge in [0, 0.05) is 60.1 Å². The highest BCUT2D eigenvalue weighted by atomic mass is 28.4. The average molecular weight is 863 g/mol. The molecule has 4 aromatic rings. The van der Waals surface area contributed by atoms with E-state index in [1.165, 1.54) is 0 Å². The smallest absolute Gasteiger partial charge is 0.481 e. The molecule has 0 radical (unpaired) electrons. The van der Waals surface area contributed by atoms with Crippen molar-refractivity contribution in [2.24, 2.45) is 53.6 Å². The van der Waals surface area contributed by atoms with E-state index < -0.39 is 38.8 Å². The summed E-state index contributed by atoms with van der Waals surface area (Å²) in [6, 6.07) is 11.6. The van der Waals surface area contributed by atoms with Gasteiger partial charge in [-0.15, -0.1) is 0 Å². The van der Waals surface area contributed by atoms with Crippen LogP contribution in [0.1, 0.15) is 92.9 Å². The summed E-state index contributed by atoms with van der Waals surface area (Å²) in [5.74, 6) is 0.913. The van der Waals surface area contributed by atoms with Crippen molar-refractivity contribution in [2.75, 3.05) is 13.2 Å². The number of aromatic nitrogens is 4. The molecule has 18 nitrogen and oxygen atoms in total. The van der Waals surface area contributed by atoms with Crippen molar-refractivity contribution in [2.45, 2.75) is 70.4 Å². The second kappa shape index (κ2) is 14.8. The molecule has 6 aliphatic heterocycles. The fraction of sp³-hybridized carbons (Fsp3) is 0.386. The van der Waals surface area contributed by atoms with Crippen LogP contribution in [0.5, 0.6) is 0 Å². The van der Waals surface area contributed by atoms with E-state index in [0.29, 0.717) is 133 Å². The SMILES string of the molecule is O=C(O)C1CCC(CO[Si]2(OCC3CCC(C(=O)O)CC3)N3C4=NC5=NC(=Nc6c7ncccc7c(n62)N=C2N=C(NC3c3ncccc34)c3cccnc32)C2=C5N=CCC2)CC1. The van der Waals surface area contributed by atoms with Gasteiger partial charge in [-0.25, -0.2) is 25.0 Å². The standard InChI is InChI=1S/C44H42N12O6Si/c57-43(58)25-13-9-23(10-14-25)21-61-63(62-22-24-11-15-26(16-12-24)44(59)60)55-40-29-7-3-19-47-33(29)41(55)51-35-27-5-1-17-45-31(27)37(49-35)53-39-30-8-4-20-48-34(30)42(56(39)63)52-36-28-6-2-18-46-32(28)38(50-36)54-40/h1,3-5,7-8,17-20,23-26,41H,2,6,9-16,21-22H2,(H,57,58)(H,59,60)(H,49,51,53). The number of fused-ring (bicyclic) bond motifs is 13. The number of aliphatic imine (C=N–C) groups is 6. The number of rotatable bonds is 8. The zero-order chi connectivity index (χ0) is 42.4. The second-order valence-electron chi connectivity index (χ2n) is 17.3. The van der Waals surface area contributed by atoms with E-state index in [1.54, 1.807) is 18.6 Å². The van der Waals surface area contributed by atoms with Gasteiger partial charge < -0.3 is 24.4 Å². The van der Waals surface area contributed by atoms with E-state index >= 15 is 0 Å². The van der Waals surface area contributed by atoms with Gasteiger partial charge in [-0.1, -0.05) is 0 Å². The summed E-state index contributed by atoms with van der Waals surface area (Å²) < 4.78 is 19.6. The third-order valence-electron chi connectivity index (χ3n) is 13.6. The van der Waals surface area contributed by atoms with Crippen molar-refractivity contribution in [3.63, 3.8) is 0 Å². The lowest BCUT2D eigenvalue weighted by molar-refractivity contribution is -0.144. The average Bonchev–Trinajstić information content (AvgIpc) is 4.03. The number of pyridine rings is 3. The Balaban J connectivity index is 1.15. The number of nitrogens with one attached hydrogen (secondary N) is 1. The highest BCUT2D eigenvalue weighted by Gasteiger charge is 2.62. The topological polar surface area (TPSA) is 226 Å². The van der Waals surface area contributed by atoms with Crippen molar-refractivity contribution >= 4 is 78.8 Å². The minimum atomic E-state index is -4.40. The molecule has 12 rings (SSSR count). The molecule has 19 heteroatoms. The van der Waals surface area contributed by atoms with Crippen LogP contribution in [-0.2, 0) is 18.4 Å². The molecule has 63 heavy (non-hydrogen) atoms. The largest absolute Gasteiger partial charge is 0.599 e. The van der Waals surface area contributed by atoms with Gasteiger partial charge in [0.2, 0.25) is 0 Å². The van der Waals surface area contributed by atoms with Crippen LogP contribution in [0.15, 0.2) is 96.2 Å². The molecule has 0 amide bonds. The summed E-state index contributed by atoms with van der Waals surface area (Å²) in [4.78, 5) is 70.4. The van der Waals surface area contributed by atoms with Crippen molar-refractivity contribution in [3.05, 3.63) is 88.8 Å². The molecular formula is C44H42N12O6Si. The van der Waals surface area contributed by atoms with Gasteiger partial charge in [0.15, 0.2) is 23.3 Å². The maximum Gasteiger partial charge on any atom is 0.599 e. The van der Waals surface area contributed by atoms with Gasteiger partial charge in [-0.2, -0.15) is 0 Å². The van der Waals surface area contributed by atoms with Gasteiger partial charge >= 0.3 is 20.8 Å². The molecule has 0 aromatic carbocycles. The third-order valence-corrected chi connectivity index (χ3v) is 16.8. The number of amidine groups is 5. The zero-order valence-corrected chi connectivity index (χ0v) is 35.1. The van der Waals surface area contributed by atoms with E-state index in [4.69, 9.17) is 53.8 Å². The first-order chi connectivity index (χ1) is 30.8. The van der Waals surface area contributed by atoms with E-state index in [9.17, 15) is 19.8 Å². The molecule has 4 aromatic heterocycles. The predicted molar refractivity (Wildman–Crippen MR) is 234 cm³/mol. The molecule has 1 atom stereocenters. The number of carboxylic acids is 2. The summed E-state index contributed by atoms with van der Waals surface area (Å²) in [7, 11) is -4.40. The fourth-order valence-corrected chi connectivity index (χ4v) is 13.9. The molecule has 0 saturated heterocycles. The van der Waals surface area contributed by atoms with Crippen LogP contribution in [0, 0.1) is 23.7 Å². The van der Waals surface area contributed by atoms with Gasteiger partial charge in [-0.05, 0) is 112 Å². The minimum absolute atomic E-state index is 0.0170. The lowest BCUT2D eigenvalue weighted by Gasteiger charge is -2.44. The first-order valence-electron chi connectivity index (χ1n) is 21.7. The van der Waals surface area contributed by atoms with E-state index in [2.05, 4.69) is 9.88 Å². The first kappa shape index (κ1) is 38.1. The van der Waals surface area contributed by atoms with Crippen LogP contribution in [0.25, 0.3) is 10.9 Å². The van der Waals surface area contributed by atoms with Crippen LogP contribution in [0.3, 0.4) is 0 Å². The third kappa shape index (κ3) is 6.07. The lowest BCUT2D eigenvalue weighted by atomic mass is 9.82. The molecule has 1 unspecified atom stereocenters. The van der Waals surface area contributed by atoms with Crippen molar-refractivity contribution in [3.8, 4) is 0 Å². The number of hydrogen-bond acceptors (Lipinski definition) is 15. The molecule has 318 valence electrons. The highest BCUT2D eigenvalue weighted by Crippen LogP contribution is 2.48. The molecule has 2 fully saturated rings. The first-order valence-corrected chi connectivity index (χ1v) is 23.5. The number of aliphatic carboxylic acids is 2. The molecule has 2 aliphatic carbocycles. The fourth-order valence-electron chi connectivity index (χ4n) is 10.3. The maximum atomic E-state index is 12.1. The number of hydrogen-bond donors (Lipinski definition) is 3. The zero-order valence-electron chi connectivity index (χ0n) is 34.1. The second-order valence-corrected chi connectivity index (χ2v) is 19.9. The number of carboxylic acid groups (broad SMARTS) is 2. The quantitative estimate of drug-likeness (QED) is 0.182. The van der Waals surface area contributed by atoms with Crippen LogP contribution in [-0.4, -0.2) is 103 Å². The highest BCUT2D eigenvalue weighted by molar-refractivity contribution is 6.68. The van der Waals surface area contributed by atoms with Crippen molar-refractivity contribution in [1.29, 1.82) is 0 Å². The van der Waals surface area contributed by atoms with Crippen LogP contribution in [0.2, 0.25) is 0 Å². The van der Waals surface area contributed by atoms with Crippen LogP contribution >= 0.6 is 0 Å². The van der Waals surface area contributed by atoms with Crippen molar-refractivity contribution in [1.82, 2.24) is 29.1 Å². The monoisotopic (exact) mass is 862 g/mol. The number of nitrogens with zero attached hydrogens (tertiary/aromatic N) is 11. The molecule has 6 bridgehead atoms. The normalized spacial score (nSPS) is 27.6. The summed E-state index contributed by atoms with van der Waals surface area (Å²) in [6.07, 6.45) is 12.5. The van der Waals surface area contributed by atoms with Gasteiger partial charge in [-0.3, -0.25) is 38.3 Å². The van der Waals surface area contributed by atoms with E-state index in [-0.39, 0.29) is 25.0 Å². The Hall–Kier alpha value is -6.57. The van der Waals surface area contributed by atoms with Gasteiger partial charge in [0.25, 0.3) is 0 Å². The predicted octanol–water partition coefficient (Wildman–Crippen LogP) is 5.70. The summed E-state index contributed by atoms with van der Waals surface area (Å²) in [6.45, 7) is 0.475. The minimum Gasteiger partial charge on any atom is -0.481 e. The molecule has 2 saturated carbocycles. The molecule has 0 spiro atoms. The van der Waals surface area contributed by atoms with E-state index in [1.807, 2.05) is 46.8 Å². The summed E-state index contributed by atoms with van der Waals surface area (Å²) >= 11 is 0. The molecule has 10 heterocycles. The maximum absolute atomic E-state index is 12.1. The molecular weight excluding hydrogens is 821 g/mol. The van der Waals surface area contributed by atoms with E-state index in [0.717, 1.165) is 16.7 Å². The van der Waals surface area contributed by atoms with Gasteiger partial charge in [0.05, 0.1) is 17.5 Å². The van der Waals surface area contributed by atoms with Gasteiger partial charge in [0.1, 0.15) is 40.6 Å². The summed E-state index contributed by atoms with van der Waals surface area (Å²) in [5, 5.41) is 24.3. The molecule has 8 aliphatic rings. The Bertz CT molecular complexity index is 2830.